The highest BCUT2D eigenvalue weighted by atomic mass is 19.4. The van der Waals surface area contributed by atoms with Crippen LogP contribution in [0.3, 0.4) is 0 Å². The van der Waals surface area contributed by atoms with E-state index >= 15 is 0 Å². The van der Waals surface area contributed by atoms with Crippen molar-refractivity contribution in [2.24, 2.45) is 0 Å². The summed E-state index contributed by atoms with van der Waals surface area (Å²) in [5.41, 5.74) is 10.5. The first-order chi connectivity index (χ1) is 23.2. The maximum atomic E-state index is 14.1. The maximum absolute atomic E-state index is 14.1. The molecule has 6 N–H and O–H groups in total. The Bertz CT molecular complexity index is 1850. The van der Waals surface area contributed by atoms with Gasteiger partial charge in [0.25, 0.3) is 0 Å². The molecule has 258 valence electrons. The summed E-state index contributed by atoms with van der Waals surface area (Å²) in [4.78, 5) is 52.2. The molecule has 0 saturated carbocycles. The number of rotatable bonds is 5. The number of nitrogens with zero attached hydrogens (tertiary/aromatic N) is 1. The molecular formula is C34H34F3N5O7. The molecule has 0 fully saturated rings. The molecule has 0 radical (unpaired) electrons. The van der Waals surface area contributed by atoms with Gasteiger partial charge in [-0.25, -0.2) is 14.6 Å². The van der Waals surface area contributed by atoms with Crippen LogP contribution in [0.15, 0.2) is 72.9 Å². The molecular weight excluding hydrogens is 647 g/mol. The predicted molar refractivity (Wildman–Crippen MR) is 175 cm³/mol. The summed E-state index contributed by atoms with van der Waals surface area (Å²) >= 11 is 0. The highest BCUT2D eigenvalue weighted by molar-refractivity contribution is 5.94. The Labute approximate surface area is 278 Å². The number of aliphatic carboxylic acids is 1. The molecule has 0 saturated heterocycles. The van der Waals surface area contributed by atoms with Crippen LogP contribution in [0.2, 0.25) is 0 Å². The first-order valence-corrected chi connectivity index (χ1v) is 15.0. The van der Waals surface area contributed by atoms with E-state index in [9.17, 15) is 27.6 Å². The second kappa shape index (κ2) is 15.8. The number of nitrogen functional groups attached to an aromatic ring is 1. The molecule has 2 atom stereocenters. The second-order valence-corrected chi connectivity index (χ2v) is 10.9. The van der Waals surface area contributed by atoms with E-state index in [2.05, 4.69) is 20.9 Å². The lowest BCUT2D eigenvalue weighted by Gasteiger charge is -2.25. The number of aryl methyl sites for hydroxylation is 1. The molecule has 4 bridgehead atoms. The van der Waals surface area contributed by atoms with E-state index in [1.807, 2.05) is 49.4 Å². The first-order valence-electron chi connectivity index (χ1n) is 15.0. The number of fused-ring (bicyclic) bond motifs is 10. The number of hydrogen-bond acceptors (Lipinski definition) is 9. The number of nitrogens with one attached hydrogen (secondary N) is 3. The van der Waals surface area contributed by atoms with Gasteiger partial charge in [0.1, 0.15) is 11.9 Å². The van der Waals surface area contributed by atoms with E-state index in [0.717, 1.165) is 27.5 Å². The molecule has 2 aliphatic rings. The Morgan fingerprint density at radius 1 is 1.08 bits per heavy atom. The van der Waals surface area contributed by atoms with Crippen LogP contribution in [0.4, 0.5) is 35.2 Å². The minimum absolute atomic E-state index is 0.0968. The van der Waals surface area contributed by atoms with Gasteiger partial charge >= 0.3 is 24.2 Å². The number of hydrogen-bond donors (Lipinski definition) is 5. The zero-order chi connectivity index (χ0) is 35.7. The van der Waals surface area contributed by atoms with Crippen molar-refractivity contribution in [3.05, 3.63) is 95.2 Å². The average molecular weight is 682 g/mol. The SMILES string of the molecule is CCOC(=O)CC1NC(=O)[C@H](Nc2ccc3c(N)nccc3c2)c2ccc(c(C)c2)CCOC(=O)Nc2cccc1c2.O=C(O)C(F)(F)F. The maximum Gasteiger partial charge on any atom is 0.490 e. The van der Waals surface area contributed by atoms with Crippen molar-refractivity contribution in [3.63, 3.8) is 0 Å². The number of esters is 1. The minimum atomic E-state index is -5.08. The molecule has 2 amide bonds. The van der Waals surface area contributed by atoms with E-state index in [1.54, 1.807) is 37.4 Å². The van der Waals surface area contributed by atoms with Gasteiger partial charge in [-0.15, -0.1) is 0 Å². The van der Waals surface area contributed by atoms with Gasteiger partial charge in [0.15, 0.2) is 0 Å². The number of carbonyl (C=O) groups is 4. The zero-order valence-corrected chi connectivity index (χ0v) is 26.5. The number of alkyl halides is 3. The van der Waals surface area contributed by atoms with E-state index < -0.39 is 36.3 Å². The third-order valence-electron chi connectivity index (χ3n) is 7.44. The summed E-state index contributed by atoms with van der Waals surface area (Å²) in [5, 5.41) is 18.0. The van der Waals surface area contributed by atoms with Gasteiger partial charge in [-0.1, -0.05) is 30.3 Å². The topological polar surface area (TPSA) is 182 Å². The Morgan fingerprint density at radius 3 is 2.53 bits per heavy atom. The summed E-state index contributed by atoms with van der Waals surface area (Å²) in [7, 11) is 0. The van der Waals surface area contributed by atoms with Crippen LogP contribution in [0.5, 0.6) is 0 Å². The minimum Gasteiger partial charge on any atom is -0.475 e. The predicted octanol–water partition coefficient (Wildman–Crippen LogP) is 5.83. The van der Waals surface area contributed by atoms with Gasteiger partial charge in [0, 0.05) is 29.4 Å². The number of carbonyl (C=O) groups excluding carboxylic acids is 3. The van der Waals surface area contributed by atoms with Crippen LogP contribution in [-0.4, -0.2) is 53.4 Å². The highest BCUT2D eigenvalue weighted by Gasteiger charge is 2.38. The molecule has 0 spiro atoms. The summed E-state index contributed by atoms with van der Waals surface area (Å²) in [6, 6.07) is 18.7. The molecule has 6 rings (SSSR count). The average Bonchev–Trinajstić information content (AvgIpc) is 3.04. The van der Waals surface area contributed by atoms with Gasteiger partial charge in [0.05, 0.1) is 25.7 Å². The van der Waals surface area contributed by atoms with Gasteiger partial charge in [-0.3, -0.25) is 14.9 Å². The Balaban J connectivity index is 0.000000698. The number of ether oxygens (including phenoxy) is 2. The molecule has 3 aromatic carbocycles. The Hall–Kier alpha value is -5.86. The quantitative estimate of drug-likeness (QED) is 0.161. The summed E-state index contributed by atoms with van der Waals surface area (Å²) in [5.74, 6) is -3.12. The lowest BCUT2D eigenvalue weighted by molar-refractivity contribution is -0.192. The summed E-state index contributed by atoms with van der Waals surface area (Å²) < 4.78 is 42.4. The van der Waals surface area contributed by atoms with Crippen molar-refractivity contribution >= 4 is 51.9 Å². The van der Waals surface area contributed by atoms with Crippen molar-refractivity contribution in [1.29, 1.82) is 0 Å². The van der Waals surface area contributed by atoms with Crippen molar-refractivity contribution in [3.8, 4) is 0 Å². The van der Waals surface area contributed by atoms with Gasteiger partial charge in [0.2, 0.25) is 5.91 Å². The van der Waals surface area contributed by atoms with Crippen LogP contribution in [0.25, 0.3) is 10.8 Å². The molecule has 0 aliphatic carbocycles. The van der Waals surface area contributed by atoms with Crippen LogP contribution in [0.1, 0.15) is 47.7 Å². The normalized spacial score (nSPS) is 16.3. The van der Waals surface area contributed by atoms with Crippen molar-refractivity contribution in [2.75, 3.05) is 29.6 Å². The molecule has 4 aromatic rings. The molecule has 49 heavy (non-hydrogen) atoms. The number of anilines is 3. The fourth-order valence-electron chi connectivity index (χ4n) is 5.07. The Kier molecular flexibility index (Phi) is 11.6. The molecule has 2 aliphatic heterocycles. The smallest absolute Gasteiger partial charge is 0.475 e. The lowest BCUT2D eigenvalue weighted by Crippen LogP contribution is -2.37. The van der Waals surface area contributed by atoms with E-state index in [1.165, 1.54) is 0 Å². The number of amides is 2. The van der Waals surface area contributed by atoms with Crippen LogP contribution in [0, 0.1) is 6.92 Å². The van der Waals surface area contributed by atoms with Crippen molar-refractivity contribution in [2.45, 2.75) is 44.9 Å². The monoisotopic (exact) mass is 681 g/mol. The molecule has 1 aromatic heterocycles. The number of carboxylic acid groups (broad SMARTS) is 1. The van der Waals surface area contributed by atoms with Gasteiger partial charge in [-0.05, 0) is 77.9 Å². The lowest BCUT2D eigenvalue weighted by atomic mass is 9.96. The third-order valence-corrected chi connectivity index (χ3v) is 7.44. The van der Waals surface area contributed by atoms with Crippen LogP contribution in [-0.2, 0) is 30.3 Å². The summed E-state index contributed by atoms with van der Waals surface area (Å²) in [6.07, 6.45) is -3.61. The van der Waals surface area contributed by atoms with Crippen molar-refractivity contribution < 1.29 is 46.9 Å². The van der Waals surface area contributed by atoms with E-state index in [-0.39, 0.29) is 25.5 Å². The Morgan fingerprint density at radius 2 is 1.84 bits per heavy atom. The summed E-state index contributed by atoms with van der Waals surface area (Å²) in [6.45, 7) is 4.08. The number of carboxylic acids is 1. The second-order valence-electron chi connectivity index (χ2n) is 10.9. The van der Waals surface area contributed by atoms with E-state index in [4.69, 9.17) is 25.1 Å². The number of aromatic nitrogens is 1. The van der Waals surface area contributed by atoms with E-state index in [0.29, 0.717) is 29.2 Å². The highest BCUT2D eigenvalue weighted by Crippen LogP contribution is 2.29. The number of benzene rings is 3. The standard InChI is InChI=1S/C32H33N5O5.C2HF3O2/c1-3-41-28(38)18-27-22-5-4-6-24(17-22)36-32(40)42-14-12-20-7-8-23(15-19(20)2)29(31(39)37-27)35-25-9-10-26-21(16-25)11-13-34-30(26)33;3-2(4,5)1(6)7/h4-11,13,15-17,27,29,35H,3,12,14,18H2,1-2H3,(H2,33,34)(H,36,40)(H,37,39);(H,6,7)/t27?,29-;/m1./s1. The molecule has 12 nitrogen and oxygen atoms in total. The van der Waals surface area contributed by atoms with Gasteiger partial charge < -0.3 is 30.9 Å². The first kappa shape index (κ1) is 36.0. The number of pyridine rings is 1. The third kappa shape index (κ3) is 9.82. The largest absolute Gasteiger partial charge is 0.490 e. The molecule has 3 heterocycles. The fraction of sp³-hybridized carbons (Fsp3) is 0.265. The van der Waals surface area contributed by atoms with Crippen LogP contribution >= 0.6 is 0 Å². The fourth-order valence-corrected chi connectivity index (χ4v) is 5.07. The zero-order valence-electron chi connectivity index (χ0n) is 26.5. The number of nitrogens with two attached hydrogens (primary N) is 1. The molecule has 15 heteroatoms. The van der Waals surface area contributed by atoms with Crippen LogP contribution < -0.4 is 21.7 Å². The van der Waals surface area contributed by atoms with Crippen molar-refractivity contribution in [1.82, 2.24) is 10.3 Å². The number of halogens is 3. The molecule has 1 unspecified atom stereocenters. The van der Waals surface area contributed by atoms with Gasteiger partial charge in [-0.2, -0.15) is 13.2 Å².